The second kappa shape index (κ2) is 4.42. The molecule has 0 heterocycles. The van der Waals surface area contributed by atoms with Crippen molar-refractivity contribution in [2.45, 2.75) is 37.6 Å². The Kier molecular flexibility index (Phi) is 3.15. The summed E-state index contributed by atoms with van der Waals surface area (Å²) in [5.74, 6) is 0.0424. The van der Waals surface area contributed by atoms with Crippen LogP contribution >= 0.6 is 0 Å². The molecule has 0 bridgehead atoms. The molecular weight excluding hydrogens is 205 g/mol. The lowest BCUT2D eigenvalue weighted by atomic mass is 9.90. The Balaban J connectivity index is 2.21. The second-order valence-electron chi connectivity index (χ2n) is 4.68. The highest BCUT2D eigenvalue weighted by Gasteiger charge is 2.30. The molecule has 1 aliphatic carbocycles. The van der Waals surface area contributed by atoms with Crippen LogP contribution in [0.5, 0.6) is 5.75 Å². The summed E-state index contributed by atoms with van der Waals surface area (Å²) in [5, 5.41) is 0. The zero-order valence-electron chi connectivity index (χ0n) is 9.63. The molecule has 0 unspecified atom stereocenters. The molecule has 2 N–H and O–H groups in total. The van der Waals surface area contributed by atoms with Crippen molar-refractivity contribution in [3.8, 4) is 5.75 Å². The summed E-state index contributed by atoms with van der Waals surface area (Å²) < 4.78 is 18.9. The molecular formula is C13H18FNO. The number of nitrogens with two attached hydrogens (primary N) is 1. The van der Waals surface area contributed by atoms with Gasteiger partial charge in [-0.25, -0.2) is 4.39 Å². The Hall–Kier alpha value is -1.09. The lowest BCUT2D eigenvalue weighted by molar-refractivity contribution is 0.376. The van der Waals surface area contributed by atoms with Gasteiger partial charge in [-0.3, -0.25) is 0 Å². The van der Waals surface area contributed by atoms with Crippen molar-refractivity contribution in [3.05, 3.63) is 29.6 Å². The monoisotopic (exact) mass is 223 g/mol. The number of hydrogen-bond donors (Lipinski definition) is 1. The highest BCUT2D eigenvalue weighted by atomic mass is 19.1. The van der Waals surface area contributed by atoms with Gasteiger partial charge in [-0.2, -0.15) is 0 Å². The fourth-order valence-corrected chi connectivity index (χ4v) is 2.49. The smallest absolute Gasteiger partial charge is 0.168 e. The highest BCUT2D eigenvalue weighted by molar-refractivity contribution is 5.32. The van der Waals surface area contributed by atoms with Crippen LogP contribution in [0.4, 0.5) is 4.39 Å². The van der Waals surface area contributed by atoms with Crippen LogP contribution in [0, 0.1) is 5.82 Å². The van der Waals surface area contributed by atoms with Gasteiger partial charge in [0, 0.05) is 5.54 Å². The minimum Gasteiger partial charge on any atom is -0.494 e. The number of halogens is 1. The fraction of sp³-hybridized carbons (Fsp3) is 0.538. The van der Waals surface area contributed by atoms with Crippen LogP contribution in [0.25, 0.3) is 0 Å². The van der Waals surface area contributed by atoms with Gasteiger partial charge in [-0.1, -0.05) is 25.0 Å². The van der Waals surface area contributed by atoms with Crippen LogP contribution in [0.3, 0.4) is 0 Å². The second-order valence-corrected chi connectivity index (χ2v) is 4.68. The maximum absolute atomic E-state index is 13.9. The van der Waals surface area contributed by atoms with Crippen molar-refractivity contribution in [3.63, 3.8) is 0 Å². The summed E-state index contributed by atoms with van der Waals surface area (Å²) in [6, 6.07) is 5.25. The zero-order chi connectivity index (χ0) is 11.6. The summed E-state index contributed by atoms with van der Waals surface area (Å²) in [7, 11) is 1.48. The number of benzene rings is 1. The fourth-order valence-electron chi connectivity index (χ4n) is 2.49. The van der Waals surface area contributed by atoms with Crippen molar-refractivity contribution in [1.82, 2.24) is 0 Å². The van der Waals surface area contributed by atoms with Crippen LogP contribution in [-0.4, -0.2) is 12.6 Å². The van der Waals surface area contributed by atoms with Gasteiger partial charge in [-0.15, -0.1) is 0 Å². The molecule has 1 saturated carbocycles. The van der Waals surface area contributed by atoms with Gasteiger partial charge < -0.3 is 10.5 Å². The molecule has 3 heteroatoms. The molecule has 1 aromatic carbocycles. The Morgan fingerprint density at radius 2 is 2.06 bits per heavy atom. The molecule has 0 aromatic heterocycles. The maximum atomic E-state index is 13.9. The summed E-state index contributed by atoms with van der Waals surface area (Å²) in [6.45, 7) is 0. The van der Waals surface area contributed by atoms with Gasteiger partial charge in [0.2, 0.25) is 0 Å². The van der Waals surface area contributed by atoms with Crippen LogP contribution in [0.1, 0.15) is 31.2 Å². The molecule has 1 aromatic rings. The van der Waals surface area contributed by atoms with E-state index in [1.807, 2.05) is 6.07 Å². The van der Waals surface area contributed by atoms with Gasteiger partial charge in [0.05, 0.1) is 7.11 Å². The first-order valence-electron chi connectivity index (χ1n) is 5.75. The average molecular weight is 223 g/mol. The first-order valence-corrected chi connectivity index (χ1v) is 5.75. The molecule has 2 rings (SSSR count). The van der Waals surface area contributed by atoms with E-state index in [1.165, 1.54) is 7.11 Å². The number of ether oxygens (including phenoxy) is 1. The SMILES string of the molecule is COc1cccc(CC2(N)CCCC2)c1F. The molecule has 16 heavy (non-hydrogen) atoms. The van der Waals surface area contributed by atoms with E-state index >= 15 is 0 Å². The van der Waals surface area contributed by atoms with Crippen LogP contribution in [0.2, 0.25) is 0 Å². The normalized spacial score (nSPS) is 18.7. The first-order chi connectivity index (χ1) is 7.64. The van der Waals surface area contributed by atoms with E-state index in [-0.39, 0.29) is 11.4 Å². The van der Waals surface area contributed by atoms with E-state index in [0.717, 1.165) is 25.7 Å². The van der Waals surface area contributed by atoms with Gasteiger partial charge in [0.1, 0.15) is 0 Å². The predicted octanol–water partition coefficient (Wildman–Crippen LogP) is 2.65. The van der Waals surface area contributed by atoms with E-state index in [1.54, 1.807) is 12.1 Å². The molecule has 88 valence electrons. The third kappa shape index (κ3) is 2.19. The van der Waals surface area contributed by atoms with Crippen LogP contribution in [-0.2, 0) is 6.42 Å². The van der Waals surface area contributed by atoms with Crippen LogP contribution in [0.15, 0.2) is 18.2 Å². The minimum atomic E-state index is -0.262. The summed E-state index contributed by atoms with van der Waals surface area (Å²) in [5.41, 5.74) is 6.70. The maximum Gasteiger partial charge on any atom is 0.168 e. The summed E-state index contributed by atoms with van der Waals surface area (Å²) in [4.78, 5) is 0. The van der Waals surface area contributed by atoms with Gasteiger partial charge in [-0.05, 0) is 30.9 Å². The standard InChI is InChI=1S/C13H18FNO/c1-16-11-6-4-5-10(12(11)14)9-13(15)7-2-3-8-13/h4-6H,2-3,7-9,15H2,1H3. The molecule has 1 aliphatic rings. The van der Waals surface area contributed by atoms with E-state index < -0.39 is 0 Å². The van der Waals surface area contributed by atoms with Gasteiger partial charge >= 0.3 is 0 Å². The van der Waals surface area contributed by atoms with E-state index in [4.69, 9.17) is 10.5 Å². The molecule has 1 fully saturated rings. The highest BCUT2D eigenvalue weighted by Crippen LogP contribution is 2.32. The molecule has 0 saturated heterocycles. The number of hydrogen-bond acceptors (Lipinski definition) is 2. The Bertz CT molecular complexity index is 372. The molecule has 0 amide bonds. The van der Waals surface area contributed by atoms with E-state index in [9.17, 15) is 4.39 Å². The Morgan fingerprint density at radius 1 is 1.38 bits per heavy atom. The van der Waals surface area contributed by atoms with E-state index in [2.05, 4.69) is 0 Å². The van der Waals surface area contributed by atoms with E-state index in [0.29, 0.717) is 17.7 Å². The summed E-state index contributed by atoms with van der Waals surface area (Å²) >= 11 is 0. The van der Waals surface area contributed by atoms with Crippen molar-refractivity contribution < 1.29 is 9.13 Å². The minimum absolute atomic E-state index is 0.215. The molecule has 0 radical (unpaired) electrons. The number of rotatable bonds is 3. The summed E-state index contributed by atoms with van der Waals surface area (Å²) in [6.07, 6.45) is 4.90. The van der Waals surface area contributed by atoms with Crippen LogP contribution < -0.4 is 10.5 Å². The third-order valence-corrected chi connectivity index (χ3v) is 3.41. The number of methoxy groups -OCH3 is 1. The lowest BCUT2D eigenvalue weighted by Crippen LogP contribution is -2.39. The molecule has 0 aliphatic heterocycles. The predicted molar refractivity (Wildman–Crippen MR) is 62.0 cm³/mol. The average Bonchev–Trinajstić information content (AvgIpc) is 2.68. The molecule has 0 atom stereocenters. The Morgan fingerprint density at radius 3 is 2.69 bits per heavy atom. The molecule has 0 spiro atoms. The van der Waals surface area contributed by atoms with Gasteiger partial charge in [0.15, 0.2) is 11.6 Å². The third-order valence-electron chi connectivity index (χ3n) is 3.41. The largest absolute Gasteiger partial charge is 0.494 e. The zero-order valence-corrected chi connectivity index (χ0v) is 9.63. The van der Waals surface area contributed by atoms with Crippen molar-refractivity contribution in [1.29, 1.82) is 0 Å². The topological polar surface area (TPSA) is 35.2 Å². The van der Waals surface area contributed by atoms with Crippen molar-refractivity contribution >= 4 is 0 Å². The van der Waals surface area contributed by atoms with Crippen molar-refractivity contribution in [2.24, 2.45) is 5.73 Å². The Labute approximate surface area is 95.6 Å². The van der Waals surface area contributed by atoms with Gasteiger partial charge in [0.25, 0.3) is 0 Å². The quantitative estimate of drug-likeness (QED) is 0.855. The molecule has 2 nitrogen and oxygen atoms in total. The van der Waals surface area contributed by atoms with Crippen molar-refractivity contribution in [2.75, 3.05) is 7.11 Å². The first kappa shape index (κ1) is 11.4. The lowest BCUT2D eigenvalue weighted by Gasteiger charge is -2.24.